The number of amides is 1. The Morgan fingerprint density at radius 3 is 2.38 bits per heavy atom. The fourth-order valence-corrected chi connectivity index (χ4v) is 2.42. The molecule has 0 aliphatic carbocycles. The highest BCUT2D eigenvalue weighted by molar-refractivity contribution is 6.62. The van der Waals surface area contributed by atoms with E-state index in [0.29, 0.717) is 12.1 Å². The Kier molecular flexibility index (Phi) is 5.10. The minimum Gasteiger partial charge on any atom is -0.491 e. The monoisotopic (exact) mass is 339 g/mol. The minimum absolute atomic E-state index is 0.0694. The van der Waals surface area contributed by atoms with E-state index >= 15 is 0 Å². The third-order valence-electron chi connectivity index (χ3n) is 4.47. The summed E-state index contributed by atoms with van der Waals surface area (Å²) in [6.07, 6.45) is -1.24. The van der Waals surface area contributed by atoms with Gasteiger partial charge in [-0.15, -0.1) is 0 Å². The molecular weight excluding hydrogens is 316 g/mol. The number of benzene rings is 1. The second-order valence-corrected chi connectivity index (χ2v) is 6.63. The molecule has 0 spiro atoms. The van der Waals surface area contributed by atoms with E-state index < -0.39 is 30.2 Å². The van der Waals surface area contributed by atoms with Crippen molar-refractivity contribution in [3.05, 3.63) is 23.5 Å². The van der Waals surface area contributed by atoms with Gasteiger partial charge in [0.15, 0.2) is 11.6 Å². The van der Waals surface area contributed by atoms with Gasteiger partial charge in [-0.1, -0.05) is 6.07 Å². The quantitative estimate of drug-likeness (QED) is 0.805. The van der Waals surface area contributed by atoms with E-state index in [1.54, 1.807) is 13.0 Å². The number of nitrogens with one attached hydrogen (secondary N) is 1. The molecular formula is C16H23BFNO5. The number of hydrogen-bond donors (Lipinski definition) is 2. The molecule has 0 radical (unpaired) electrons. The van der Waals surface area contributed by atoms with Crippen LogP contribution in [0.15, 0.2) is 12.1 Å². The van der Waals surface area contributed by atoms with Gasteiger partial charge in [-0.05, 0) is 46.1 Å². The molecule has 0 atom stereocenters. The van der Waals surface area contributed by atoms with Gasteiger partial charge in [0.25, 0.3) is 0 Å². The van der Waals surface area contributed by atoms with Crippen LogP contribution in [0.3, 0.4) is 0 Å². The van der Waals surface area contributed by atoms with E-state index in [1.807, 2.05) is 27.7 Å². The van der Waals surface area contributed by atoms with Gasteiger partial charge in [0.05, 0.1) is 17.8 Å². The lowest BCUT2D eigenvalue weighted by molar-refractivity contribution is 0.00578. The molecule has 1 aromatic carbocycles. The standard InChI is InChI=1S/C16H23BFNO5/c1-6-22-12-8-7-11(10(13(12)18)9-19-14(20)21)17-23-15(2,3)16(4,5)24-17/h7-8,19H,6,9H2,1-5H3,(H,20,21). The number of hydrogen-bond acceptors (Lipinski definition) is 4. The molecule has 1 aliphatic heterocycles. The van der Waals surface area contributed by atoms with Crippen LogP contribution in [0.5, 0.6) is 5.75 Å². The van der Waals surface area contributed by atoms with Crippen LogP contribution in [-0.4, -0.2) is 36.1 Å². The van der Waals surface area contributed by atoms with E-state index in [0.717, 1.165) is 0 Å². The molecule has 0 unspecified atom stereocenters. The first-order valence-electron chi connectivity index (χ1n) is 7.85. The van der Waals surface area contributed by atoms with E-state index in [4.69, 9.17) is 19.2 Å². The number of rotatable bonds is 5. The summed E-state index contributed by atoms with van der Waals surface area (Å²) in [6.45, 7) is 9.43. The molecule has 24 heavy (non-hydrogen) atoms. The van der Waals surface area contributed by atoms with Gasteiger partial charge >= 0.3 is 13.2 Å². The normalized spacial score (nSPS) is 18.5. The summed E-state index contributed by atoms with van der Waals surface area (Å²) in [5.41, 5.74) is -0.556. The van der Waals surface area contributed by atoms with Crippen molar-refractivity contribution < 1.29 is 28.3 Å². The summed E-state index contributed by atoms with van der Waals surface area (Å²) in [5, 5.41) is 11.0. The summed E-state index contributed by atoms with van der Waals surface area (Å²) in [7, 11) is -0.786. The highest BCUT2D eigenvalue weighted by Crippen LogP contribution is 2.37. The van der Waals surface area contributed by atoms with Crippen LogP contribution in [0, 0.1) is 5.82 Å². The van der Waals surface area contributed by atoms with Crippen molar-refractivity contribution in [2.24, 2.45) is 0 Å². The topological polar surface area (TPSA) is 77.0 Å². The fraction of sp³-hybridized carbons (Fsp3) is 0.562. The summed E-state index contributed by atoms with van der Waals surface area (Å²) >= 11 is 0. The molecule has 6 nitrogen and oxygen atoms in total. The predicted molar refractivity (Wildman–Crippen MR) is 88.1 cm³/mol. The molecule has 1 amide bonds. The van der Waals surface area contributed by atoms with Crippen molar-refractivity contribution in [2.45, 2.75) is 52.4 Å². The molecule has 2 rings (SSSR count). The third kappa shape index (κ3) is 3.49. The van der Waals surface area contributed by atoms with Crippen LogP contribution in [0.1, 0.15) is 40.2 Å². The third-order valence-corrected chi connectivity index (χ3v) is 4.47. The molecule has 1 aliphatic rings. The Morgan fingerprint density at radius 2 is 1.88 bits per heavy atom. The maximum Gasteiger partial charge on any atom is 0.495 e. The highest BCUT2D eigenvalue weighted by Gasteiger charge is 2.52. The minimum atomic E-state index is -1.24. The van der Waals surface area contributed by atoms with Crippen LogP contribution < -0.4 is 15.5 Å². The Bertz CT molecular complexity index is 619. The number of carboxylic acid groups (broad SMARTS) is 1. The maximum atomic E-state index is 14.7. The molecule has 1 aromatic rings. The number of carbonyl (C=O) groups is 1. The van der Waals surface area contributed by atoms with Crippen molar-refractivity contribution in [2.75, 3.05) is 6.61 Å². The average Bonchev–Trinajstić information content (AvgIpc) is 2.68. The van der Waals surface area contributed by atoms with Crippen LogP contribution in [-0.2, 0) is 15.9 Å². The van der Waals surface area contributed by atoms with E-state index in [9.17, 15) is 9.18 Å². The van der Waals surface area contributed by atoms with Gasteiger partial charge in [0.2, 0.25) is 0 Å². The lowest BCUT2D eigenvalue weighted by Gasteiger charge is -2.32. The maximum absolute atomic E-state index is 14.7. The van der Waals surface area contributed by atoms with Crippen molar-refractivity contribution >= 4 is 18.7 Å². The largest absolute Gasteiger partial charge is 0.495 e. The first-order valence-corrected chi connectivity index (χ1v) is 7.85. The first-order chi connectivity index (χ1) is 11.1. The number of halogens is 1. The molecule has 132 valence electrons. The fourth-order valence-electron chi connectivity index (χ4n) is 2.42. The smallest absolute Gasteiger partial charge is 0.491 e. The van der Waals surface area contributed by atoms with Crippen LogP contribution >= 0.6 is 0 Å². The van der Waals surface area contributed by atoms with Gasteiger partial charge in [-0.2, -0.15) is 0 Å². The molecule has 0 bridgehead atoms. The summed E-state index contributed by atoms with van der Waals surface area (Å²) in [4.78, 5) is 10.8. The molecule has 1 saturated heterocycles. The van der Waals surface area contributed by atoms with E-state index in [2.05, 4.69) is 5.32 Å². The zero-order valence-corrected chi connectivity index (χ0v) is 14.6. The predicted octanol–water partition coefficient (Wildman–Crippen LogP) is 2.29. The van der Waals surface area contributed by atoms with E-state index in [1.165, 1.54) is 6.07 Å². The molecule has 1 heterocycles. The molecule has 2 N–H and O–H groups in total. The van der Waals surface area contributed by atoms with Gasteiger partial charge in [0, 0.05) is 12.1 Å². The second-order valence-electron chi connectivity index (χ2n) is 6.63. The van der Waals surface area contributed by atoms with Gasteiger partial charge in [0.1, 0.15) is 0 Å². The summed E-state index contributed by atoms with van der Waals surface area (Å²) in [6, 6.07) is 3.15. The number of ether oxygens (including phenoxy) is 1. The zero-order valence-electron chi connectivity index (χ0n) is 14.6. The first kappa shape index (κ1) is 18.5. The average molecular weight is 339 g/mol. The van der Waals surface area contributed by atoms with Crippen molar-refractivity contribution in [1.82, 2.24) is 5.32 Å². The molecule has 0 aromatic heterocycles. The highest BCUT2D eigenvalue weighted by atomic mass is 19.1. The Hall–Kier alpha value is -1.80. The van der Waals surface area contributed by atoms with Crippen molar-refractivity contribution in [3.63, 3.8) is 0 Å². The summed E-state index contributed by atoms with van der Waals surface area (Å²) < 4.78 is 31.9. The molecule has 8 heteroatoms. The molecule has 1 fully saturated rings. The Labute approximate surface area is 141 Å². The van der Waals surface area contributed by atoms with Crippen molar-refractivity contribution in [3.8, 4) is 5.75 Å². The van der Waals surface area contributed by atoms with Crippen molar-refractivity contribution in [1.29, 1.82) is 0 Å². The Balaban J connectivity index is 2.42. The SMILES string of the molecule is CCOc1ccc(B2OC(C)(C)C(C)(C)O2)c(CNC(=O)O)c1F. The van der Waals surface area contributed by atoms with Crippen LogP contribution in [0.2, 0.25) is 0 Å². The lowest BCUT2D eigenvalue weighted by Crippen LogP contribution is -2.41. The van der Waals surface area contributed by atoms with E-state index in [-0.39, 0.29) is 17.9 Å². The summed E-state index contributed by atoms with van der Waals surface area (Å²) in [5.74, 6) is -0.544. The van der Waals surface area contributed by atoms with Gasteiger partial charge in [-0.25, -0.2) is 9.18 Å². The van der Waals surface area contributed by atoms with Crippen LogP contribution in [0.4, 0.5) is 9.18 Å². The Morgan fingerprint density at radius 1 is 1.29 bits per heavy atom. The second kappa shape index (κ2) is 6.60. The van der Waals surface area contributed by atoms with Crippen LogP contribution in [0.25, 0.3) is 0 Å². The lowest BCUT2D eigenvalue weighted by atomic mass is 9.75. The van der Waals surface area contributed by atoms with Gasteiger partial charge < -0.3 is 24.5 Å². The molecule has 0 saturated carbocycles. The van der Waals surface area contributed by atoms with Gasteiger partial charge in [-0.3, -0.25) is 0 Å². The zero-order chi connectivity index (χ0) is 18.1.